The van der Waals surface area contributed by atoms with Crippen molar-refractivity contribution in [3.8, 4) is 5.75 Å². The number of carbonyl (C=O) groups excluding carboxylic acids is 2. The highest BCUT2D eigenvalue weighted by Gasteiger charge is 2.19. The van der Waals surface area contributed by atoms with Crippen LogP contribution >= 0.6 is 11.6 Å². The molecule has 1 aliphatic carbocycles. The van der Waals surface area contributed by atoms with Gasteiger partial charge in [-0.1, -0.05) is 23.7 Å². The second kappa shape index (κ2) is 8.23. The van der Waals surface area contributed by atoms with Gasteiger partial charge in [-0.2, -0.15) is 0 Å². The highest BCUT2D eigenvalue weighted by atomic mass is 35.5. The van der Waals surface area contributed by atoms with Crippen molar-refractivity contribution in [2.45, 2.75) is 32.3 Å². The number of carbonyl (C=O) groups is 2. The first kappa shape index (κ1) is 18.3. The van der Waals surface area contributed by atoms with Crippen molar-refractivity contribution in [2.75, 3.05) is 11.9 Å². The monoisotopic (exact) mass is 373 g/mol. The van der Waals surface area contributed by atoms with Gasteiger partial charge in [0, 0.05) is 10.7 Å². The van der Waals surface area contributed by atoms with E-state index in [-0.39, 0.29) is 6.61 Å². The highest BCUT2D eigenvalue weighted by Crippen LogP contribution is 2.26. The molecule has 136 valence electrons. The third-order valence-corrected chi connectivity index (χ3v) is 4.43. The molecule has 1 amide bonds. The summed E-state index contributed by atoms with van der Waals surface area (Å²) < 4.78 is 10.6. The SMILES string of the molecule is C[C@@H](OC(=O)COc1ccc2c(c1)CCC2)C(=O)Nc1cccc(Cl)c1. The molecule has 2 aromatic rings. The Bertz CT molecular complexity index is 821. The van der Waals surface area contributed by atoms with E-state index in [4.69, 9.17) is 21.1 Å². The van der Waals surface area contributed by atoms with Crippen LogP contribution in [0.5, 0.6) is 5.75 Å². The Kier molecular flexibility index (Phi) is 5.78. The smallest absolute Gasteiger partial charge is 0.344 e. The van der Waals surface area contributed by atoms with Gasteiger partial charge in [0.2, 0.25) is 0 Å². The molecule has 0 radical (unpaired) electrons. The molecule has 6 heteroatoms. The second-order valence-corrected chi connectivity index (χ2v) is 6.64. The zero-order valence-corrected chi connectivity index (χ0v) is 15.2. The van der Waals surface area contributed by atoms with Crippen molar-refractivity contribution in [2.24, 2.45) is 0 Å². The van der Waals surface area contributed by atoms with E-state index >= 15 is 0 Å². The van der Waals surface area contributed by atoms with E-state index in [1.54, 1.807) is 24.3 Å². The van der Waals surface area contributed by atoms with Gasteiger partial charge in [0.05, 0.1) is 0 Å². The van der Waals surface area contributed by atoms with Gasteiger partial charge in [0.15, 0.2) is 12.7 Å². The number of hydrogen-bond donors (Lipinski definition) is 1. The van der Waals surface area contributed by atoms with E-state index < -0.39 is 18.0 Å². The average Bonchev–Trinajstić information content (AvgIpc) is 3.07. The molecular weight excluding hydrogens is 354 g/mol. The van der Waals surface area contributed by atoms with Gasteiger partial charge >= 0.3 is 5.97 Å². The van der Waals surface area contributed by atoms with Crippen molar-refractivity contribution < 1.29 is 19.1 Å². The molecule has 5 nitrogen and oxygen atoms in total. The summed E-state index contributed by atoms with van der Waals surface area (Å²) in [5, 5.41) is 3.16. The second-order valence-electron chi connectivity index (χ2n) is 6.20. The van der Waals surface area contributed by atoms with E-state index in [1.807, 2.05) is 18.2 Å². The van der Waals surface area contributed by atoms with Crippen LogP contribution in [0.2, 0.25) is 5.02 Å². The van der Waals surface area contributed by atoms with Crippen LogP contribution in [0.25, 0.3) is 0 Å². The Labute approximate surface area is 157 Å². The van der Waals surface area contributed by atoms with E-state index in [9.17, 15) is 9.59 Å². The summed E-state index contributed by atoms with van der Waals surface area (Å²) >= 11 is 5.87. The third kappa shape index (κ3) is 4.76. The van der Waals surface area contributed by atoms with Crippen molar-refractivity contribution >= 4 is 29.2 Å². The maximum atomic E-state index is 12.1. The summed E-state index contributed by atoms with van der Waals surface area (Å²) in [4.78, 5) is 24.0. The van der Waals surface area contributed by atoms with Crippen LogP contribution < -0.4 is 10.1 Å². The fraction of sp³-hybridized carbons (Fsp3) is 0.300. The van der Waals surface area contributed by atoms with Crippen LogP contribution in [-0.4, -0.2) is 24.6 Å². The number of benzene rings is 2. The Morgan fingerprint density at radius 1 is 1.15 bits per heavy atom. The zero-order chi connectivity index (χ0) is 18.5. The summed E-state index contributed by atoms with van der Waals surface area (Å²) in [6.45, 7) is 1.26. The summed E-state index contributed by atoms with van der Waals surface area (Å²) in [5.74, 6) is -0.393. The van der Waals surface area contributed by atoms with Crippen molar-refractivity contribution in [1.29, 1.82) is 0 Å². The van der Waals surface area contributed by atoms with Gasteiger partial charge in [-0.3, -0.25) is 4.79 Å². The first-order chi connectivity index (χ1) is 12.5. The predicted molar refractivity (Wildman–Crippen MR) is 99.6 cm³/mol. The molecule has 1 aliphatic rings. The van der Waals surface area contributed by atoms with Gasteiger partial charge in [-0.25, -0.2) is 4.79 Å². The molecule has 0 unspecified atom stereocenters. The number of nitrogens with one attached hydrogen (secondary N) is 1. The van der Waals surface area contributed by atoms with E-state index in [0.29, 0.717) is 16.5 Å². The molecule has 1 N–H and O–H groups in total. The molecule has 26 heavy (non-hydrogen) atoms. The van der Waals surface area contributed by atoms with Crippen molar-refractivity contribution in [1.82, 2.24) is 0 Å². The molecule has 0 bridgehead atoms. The van der Waals surface area contributed by atoms with Gasteiger partial charge in [0.25, 0.3) is 5.91 Å². The average molecular weight is 374 g/mol. The van der Waals surface area contributed by atoms with Gasteiger partial charge < -0.3 is 14.8 Å². The van der Waals surface area contributed by atoms with E-state index in [0.717, 1.165) is 19.3 Å². The lowest BCUT2D eigenvalue weighted by Gasteiger charge is -2.14. The van der Waals surface area contributed by atoms with Crippen molar-refractivity contribution in [3.05, 3.63) is 58.6 Å². The molecule has 1 atom stereocenters. The summed E-state index contributed by atoms with van der Waals surface area (Å²) in [6, 6.07) is 12.6. The topological polar surface area (TPSA) is 64.6 Å². The molecule has 0 heterocycles. The van der Waals surface area contributed by atoms with E-state index in [2.05, 4.69) is 5.32 Å². The number of esters is 1. The lowest BCUT2D eigenvalue weighted by Crippen LogP contribution is -2.31. The maximum Gasteiger partial charge on any atom is 0.344 e. The van der Waals surface area contributed by atoms with Crippen LogP contribution in [0.4, 0.5) is 5.69 Å². The Hall–Kier alpha value is -2.53. The summed E-state index contributed by atoms with van der Waals surface area (Å²) in [5.41, 5.74) is 3.15. The van der Waals surface area contributed by atoms with Crippen LogP contribution in [0, 0.1) is 0 Å². The number of fused-ring (bicyclic) bond motifs is 1. The number of aryl methyl sites for hydroxylation is 2. The number of amides is 1. The van der Waals surface area contributed by atoms with Gasteiger partial charge in [-0.15, -0.1) is 0 Å². The van der Waals surface area contributed by atoms with Gasteiger partial charge in [0.1, 0.15) is 5.75 Å². The Balaban J connectivity index is 1.47. The molecule has 0 spiro atoms. The molecule has 3 rings (SSSR count). The summed E-state index contributed by atoms with van der Waals surface area (Å²) in [7, 11) is 0. The first-order valence-electron chi connectivity index (χ1n) is 8.52. The highest BCUT2D eigenvalue weighted by molar-refractivity contribution is 6.30. The van der Waals surface area contributed by atoms with Crippen LogP contribution in [0.15, 0.2) is 42.5 Å². The molecular formula is C20H20ClNO4. The largest absolute Gasteiger partial charge is 0.482 e. The number of hydrogen-bond acceptors (Lipinski definition) is 4. The predicted octanol–water partition coefficient (Wildman–Crippen LogP) is 3.78. The Morgan fingerprint density at radius 2 is 1.96 bits per heavy atom. The van der Waals surface area contributed by atoms with Crippen LogP contribution in [0.3, 0.4) is 0 Å². The zero-order valence-electron chi connectivity index (χ0n) is 14.5. The first-order valence-corrected chi connectivity index (χ1v) is 8.89. The minimum absolute atomic E-state index is 0.242. The summed E-state index contributed by atoms with van der Waals surface area (Å²) in [6.07, 6.45) is 2.35. The fourth-order valence-corrected chi connectivity index (χ4v) is 3.07. The standard InChI is InChI=1S/C20H20ClNO4/c1-13(20(24)22-17-7-3-6-16(21)11-17)26-19(23)12-25-18-9-8-14-4-2-5-15(14)10-18/h3,6-11,13H,2,4-5,12H2,1H3,(H,22,24)/t13-/m1/s1. The minimum atomic E-state index is -0.940. The van der Waals surface area contributed by atoms with Crippen LogP contribution in [-0.2, 0) is 27.2 Å². The molecule has 0 saturated heterocycles. The van der Waals surface area contributed by atoms with E-state index in [1.165, 1.54) is 18.1 Å². The number of ether oxygens (including phenoxy) is 2. The molecule has 0 saturated carbocycles. The fourth-order valence-electron chi connectivity index (χ4n) is 2.88. The maximum absolute atomic E-state index is 12.1. The minimum Gasteiger partial charge on any atom is -0.482 e. The number of halogens is 1. The Morgan fingerprint density at radius 3 is 2.77 bits per heavy atom. The number of rotatable bonds is 6. The third-order valence-electron chi connectivity index (χ3n) is 4.20. The lowest BCUT2D eigenvalue weighted by atomic mass is 10.1. The molecule has 0 aliphatic heterocycles. The molecule has 0 fully saturated rings. The normalized spacial score (nSPS) is 13.6. The van der Waals surface area contributed by atoms with Crippen LogP contribution in [0.1, 0.15) is 24.5 Å². The lowest BCUT2D eigenvalue weighted by molar-refractivity contribution is -0.155. The number of anilines is 1. The van der Waals surface area contributed by atoms with Crippen molar-refractivity contribution in [3.63, 3.8) is 0 Å². The molecule has 2 aromatic carbocycles. The quantitative estimate of drug-likeness (QED) is 0.783. The molecule has 0 aromatic heterocycles. The van der Waals surface area contributed by atoms with Gasteiger partial charge in [-0.05, 0) is 67.6 Å².